The van der Waals surface area contributed by atoms with E-state index in [-0.39, 0.29) is 5.41 Å². The van der Waals surface area contributed by atoms with Crippen LogP contribution in [0.4, 0.5) is 11.4 Å². The number of benzene rings is 2. The van der Waals surface area contributed by atoms with Gasteiger partial charge in [-0.25, -0.2) is 0 Å². The largest absolute Gasteiger partial charge is 0.399 e. The fourth-order valence-electron chi connectivity index (χ4n) is 3.07. The van der Waals surface area contributed by atoms with Crippen LogP contribution in [0.1, 0.15) is 25.0 Å². The Balaban J connectivity index is 1.82. The number of hydrogen-bond donors (Lipinski definition) is 1. The van der Waals surface area contributed by atoms with Gasteiger partial charge in [0.2, 0.25) is 0 Å². The molecule has 0 saturated carbocycles. The topological polar surface area (TPSA) is 29.3 Å². The van der Waals surface area contributed by atoms with Crippen molar-refractivity contribution in [2.24, 2.45) is 0 Å². The first-order valence-corrected chi connectivity index (χ1v) is 7.25. The third-order valence-corrected chi connectivity index (χ3v) is 4.26. The SMILES string of the molecule is CC(C)(CN1CCc2ccccc21)c1ccc(N)cc1. The Kier molecular flexibility index (Phi) is 3.17. The molecule has 0 amide bonds. The molecule has 3 rings (SSSR count). The zero-order valence-electron chi connectivity index (χ0n) is 12.3. The molecule has 2 nitrogen and oxygen atoms in total. The number of hydrogen-bond acceptors (Lipinski definition) is 2. The zero-order chi connectivity index (χ0) is 14.2. The van der Waals surface area contributed by atoms with Gasteiger partial charge in [-0.3, -0.25) is 0 Å². The van der Waals surface area contributed by atoms with Crippen LogP contribution in [0, 0.1) is 0 Å². The van der Waals surface area contributed by atoms with Crippen LogP contribution in [-0.4, -0.2) is 13.1 Å². The van der Waals surface area contributed by atoms with E-state index in [4.69, 9.17) is 5.73 Å². The summed E-state index contributed by atoms with van der Waals surface area (Å²) in [6.07, 6.45) is 1.16. The van der Waals surface area contributed by atoms with E-state index in [1.165, 1.54) is 16.8 Å². The molecule has 0 bridgehead atoms. The van der Waals surface area contributed by atoms with Crippen molar-refractivity contribution in [1.29, 1.82) is 0 Å². The average molecular weight is 266 g/mol. The van der Waals surface area contributed by atoms with Crippen LogP contribution in [0.5, 0.6) is 0 Å². The quantitative estimate of drug-likeness (QED) is 0.860. The van der Waals surface area contributed by atoms with Gasteiger partial charge in [0.25, 0.3) is 0 Å². The fraction of sp³-hybridized carbons (Fsp3) is 0.333. The summed E-state index contributed by atoms with van der Waals surface area (Å²) in [6, 6.07) is 17.0. The first kappa shape index (κ1) is 13.0. The van der Waals surface area contributed by atoms with Crippen molar-refractivity contribution in [3.63, 3.8) is 0 Å². The van der Waals surface area contributed by atoms with E-state index in [0.717, 1.165) is 25.2 Å². The molecule has 1 aliphatic heterocycles. The van der Waals surface area contributed by atoms with Crippen molar-refractivity contribution >= 4 is 11.4 Å². The molecule has 0 saturated heterocycles. The summed E-state index contributed by atoms with van der Waals surface area (Å²) in [7, 11) is 0. The third kappa shape index (κ3) is 2.38. The van der Waals surface area contributed by atoms with Gasteiger partial charge in [-0.05, 0) is 35.7 Å². The molecule has 2 aromatic carbocycles. The molecule has 1 aliphatic rings. The van der Waals surface area contributed by atoms with Gasteiger partial charge in [-0.1, -0.05) is 44.2 Å². The van der Waals surface area contributed by atoms with Crippen LogP contribution in [0.3, 0.4) is 0 Å². The molecular weight excluding hydrogens is 244 g/mol. The van der Waals surface area contributed by atoms with E-state index in [1.54, 1.807) is 0 Å². The molecule has 0 aromatic heterocycles. The Morgan fingerprint density at radius 3 is 2.50 bits per heavy atom. The summed E-state index contributed by atoms with van der Waals surface area (Å²) in [6.45, 7) is 6.77. The van der Waals surface area contributed by atoms with Crippen LogP contribution >= 0.6 is 0 Å². The number of rotatable bonds is 3. The first-order valence-electron chi connectivity index (χ1n) is 7.25. The highest BCUT2D eigenvalue weighted by Gasteiger charge is 2.27. The predicted molar refractivity (Wildman–Crippen MR) is 86.2 cm³/mol. The van der Waals surface area contributed by atoms with Crippen molar-refractivity contribution in [1.82, 2.24) is 0 Å². The van der Waals surface area contributed by atoms with Crippen LogP contribution in [0.2, 0.25) is 0 Å². The second kappa shape index (κ2) is 4.86. The van der Waals surface area contributed by atoms with Crippen molar-refractivity contribution in [3.05, 3.63) is 59.7 Å². The van der Waals surface area contributed by atoms with Crippen molar-refractivity contribution in [3.8, 4) is 0 Å². The number of nitrogens with two attached hydrogens (primary N) is 1. The molecule has 104 valence electrons. The molecule has 20 heavy (non-hydrogen) atoms. The maximum absolute atomic E-state index is 5.79. The van der Waals surface area contributed by atoms with Gasteiger partial charge in [-0.2, -0.15) is 0 Å². The average Bonchev–Trinajstić information content (AvgIpc) is 2.82. The molecule has 0 atom stereocenters. The van der Waals surface area contributed by atoms with Crippen molar-refractivity contribution in [2.75, 3.05) is 23.7 Å². The Morgan fingerprint density at radius 2 is 1.75 bits per heavy atom. The highest BCUT2D eigenvalue weighted by Crippen LogP contribution is 2.32. The van der Waals surface area contributed by atoms with E-state index in [9.17, 15) is 0 Å². The third-order valence-electron chi connectivity index (χ3n) is 4.26. The minimum Gasteiger partial charge on any atom is -0.399 e. The minimum atomic E-state index is 0.116. The number of nitrogens with zero attached hydrogens (tertiary/aromatic N) is 1. The maximum Gasteiger partial charge on any atom is 0.0399 e. The normalized spacial score (nSPS) is 14.4. The molecule has 0 radical (unpaired) electrons. The summed E-state index contributed by atoms with van der Waals surface area (Å²) in [5.74, 6) is 0. The van der Waals surface area contributed by atoms with E-state index in [2.05, 4.69) is 55.1 Å². The molecular formula is C18H22N2. The lowest BCUT2D eigenvalue weighted by Crippen LogP contribution is -2.36. The lowest BCUT2D eigenvalue weighted by atomic mass is 9.84. The summed E-state index contributed by atoms with van der Waals surface area (Å²) >= 11 is 0. The second-order valence-corrected chi connectivity index (χ2v) is 6.31. The lowest BCUT2D eigenvalue weighted by molar-refractivity contribution is 0.516. The minimum absolute atomic E-state index is 0.116. The van der Waals surface area contributed by atoms with E-state index in [1.807, 2.05) is 12.1 Å². The van der Waals surface area contributed by atoms with Crippen LogP contribution in [0.25, 0.3) is 0 Å². The molecule has 0 aliphatic carbocycles. The van der Waals surface area contributed by atoms with Gasteiger partial charge in [0, 0.05) is 29.9 Å². The molecule has 2 N–H and O–H groups in total. The van der Waals surface area contributed by atoms with Gasteiger partial charge in [-0.15, -0.1) is 0 Å². The van der Waals surface area contributed by atoms with Crippen LogP contribution in [-0.2, 0) is 11.8 Å². The Labute approximate surface area is 121 Å². The molecule has 1 heterocycles. The Morgan fingerprint density at radius 1 is 1.05 bits per heavy atom. The fourth-order valence-corrected chi connectivity index (χ4v) is 3.07. The molecule has 0 spiro atoms. The second-order valence-electron chi connectivity index (χ2n) is 6.31. The summed E-state index contributed by atoms with van der Waals surface area (Å²) in [4.78, 5) is 2.51. The molecule has 0 fully saturated rings. The van der Waals surface area contributed by atoms with E-state index in [0.29, 0.717) is 0 Å². The lowest BCUT2D eigenvalue weighted by Gasteiger charge is -2.32. The molecule has 2 aromatic rings. The number of para-hydroxylation sites is 1. The van der Waals surface area contributed by atoms with Crippen molar-refractivity contribution in [2.45, 2.75) is 25.7 Å². The van der Waals surface area contributed by atoms with Gasteiger partial charge < -0.3 is 10.6 Å². The summed E-state index contributed by atoms with van der Waals surface area (Å²) in [5.41, 5.74) is 10.9. The smallest absolute Gasteiger partial charge is 0.0399 e. The van der Waals surface area contributed by atoms with Crippen LogP contribution < -0.4 is 10.6 Å². The Bertz CT molecular complexity index is 599. The number of anilines is 2. The molecule has 2 heteroatoms. The highest BCUT2D eigenvalue weighted by atomic mass is 15.2. The predicted octanol–water partition coefficient (Wildman–Crippen LogP) is 3.61. The monoisotopic (exact) mass is 266 g/mol. The van der Waals surface area contributed by atoms with Gasteiger partial charge in [0.15, 0.2) is 0 Å². The zero-order valence-corrected chi connectivity index (χ0v) is 12.3. The molecule has 0 unspecified atom stereocenters. The van der Waals surface area contributed by atoms with Crippen LogP contribution in [0.15, 0.2) is 48.5 Å². The van der Waals surface area contributed by atoms with Gasteiger partial charge >= 0.3 is 0 Å². The maximum atomic E-state index is 5.79. The number of nitrogen functional groups attached to an aromatic ring is 1. The van der Waals surface area contributed by atoms with Gasteiger partial charge in [0.05, 0.1) is 0 Å². The summed E-state index contributed by atoms with van der Waals surface area (Å²) < 4.78 is 0. The standard InChI is InChI=1S/C18H22N2/c1-18(2,15-7-9-16(19)10-8-15)13-20-12-11-14-5-3-4-6-17(14)20/h3-10H,11-13,19H2,1-2H3. The van der Waals surface area contributed by atoms with E-state index >= 15 is 0 Å². The summed E-state index contributed by atoms with van der Waals surface area (Å²) in [5, 5.41) is 0. The van der Waals surface area contributed by atoms with Crippen molar-refractivity contribution < 1.29 is 0 Å². The van der Waals surface area contributed by atoms with Gasteiger partial charge in [0.1, 0.15) is 0 Å². The van der Waals surface area contributed by atoms with E-state index < -0.39 is 0 Å². The number of fused-ring (bicyclic) bond motifs is 1. The Hall–Kier alpha value is -1.96. The highest BCUT2D eigenvalue weighted by molar-refractivity contribution is 5.58. The first-order chi connectivity index (χ1) is 9.56.